The molecule has 0 aromatic carbocycles. The number of hydrogen-bond donors (Lipinski definition) is 0. The van der Waals surface area contributed by atoms with Crippen molar-refractivity contribution in [3.05, 3.63) is 30.0 Å². The minimum absolute atomic E-state index is 0.404. The van der Waals surface area contributed by atoms with Crippen molar-refractivity contribution < 1.29 is 17.6 Å². The highest BCUT2D eigenvalue weighted by Crippen LogP contribution is 2.34. The Balaban J connectivity index is 2.30. The lowest BCUT2D eigenvalue weighted by atomic mass is 10.3. The van der Waals surface area contributed by atoms with Crippen LogP contribution in [0.5, 0.6) is 0 Å². The molecule has 0 fully saturated rings. The van der Waals surface area contributed by atoms with Gasteiger partial charge in [0.2, 0.25) is 0 Å². The maximum absolute atomic E-state index is 13.1. The Labute approximate surface area is 116 Å². The molecule has 0 atom stereocenters. The predicted molar refractivity (Wildman–Crippen MR) is 69.4 cm³/mol. The lowest BCUT2D eigenvalue weighted by Gasteiger charge is -2.19. The van der Waals surface area contributed by atoms with Gasteiger partial charge in [-0.05, 0) is 13.0 Å². The molecular formula is C12H11F4N3S. The first-order chi connectivity index (χ1) is 9.26. The van der Waals surface area contributed by atoms with Crippen molar-refractivity contribution >= 4 is 16.3 Å². The van der Waals surface area contributed by atoms with E-state index in [0.717, 1.165) is 22.4 Å². The summed E-state index contributed by atoms with van der Waals surface area (Å²) in [6.07, 6.45) is -1.80. The van der Waals surface area contributed by atoms with E-state index in [4.69, 9.17) is 0 Å². The third kappa shape index (κ3) is 3.44. The minimum Gasteiger partial charge on any atom is -0.356 e. The first-order valence-corrected chi connectivity index (χ1v) is 6.44. The van der Waals surface area contributed by atoms with Crippen LogP contribution in [0.3, 0.4) is 0 Å². The number of hydrogen-bond acceptors (Lipinski definition) is 4. The standard InChI is InChI=1S/C12H11F4N3S/c1-7-11(19(2)6-12(14,15)16)20-10(18-7)8-3-9(13)5-17-4-8/h3-5H,6H2,1-2H3. The lowest BCUT2D eigenvalue weighted by Crippen LogP contribution is -2.30. The Morgan fingerprint density at radius 1 is 1.30 bits per heavy atom. The Morgan fingerprint density at radius 3 is 2.60 bits per heavy atom. The van der Waals surface area contributed by atoms with E-state index in [0.29, 0.717) is 21.3 Å². The zero-order valence-corrected chi connectivity index (χ0v) is 11.5. The quantitative estimate of drug-likeness (QED) is 0.811. The molecule has 2 heterocycles. The third-order valence-corrected chi connectivity index (χ3v) is 3.81. The molecule has 0 saturated carbocycles. The Kier molecular flexibility index (Phi) is 3.94. The topological polar surface area (TPSA) is 29.0 Å². The number of pyridine rings is 1. The summed E-state index contributed by atoms with van der Waals surface area (Å²) in [5, 5.41) is 0.847. The largest absolute Gasteiger partial charge is 0.405 e. The fourth-order valence-electron chi connectivity index (χ4n) is 1.74. The van der Waals surface area contributed by atoms with Crippen LogP contribution in [0.1, 0.15) is 5.69 Å². The highest BCUT2D eigenvalue weighted by molar-refractivity contribution is 7.19. The summed E-state index contributed by atoms with van der Waals surface area (Å²) in [7, 11) is 1.35. The molecule has 0 unspecified atom stereocenters. The maximum atomic E-state index is 13.1. The summed E-state index contributed by atoms with van der Waals surface area (Å²) < 4.78 is 50.3. The van der Waals surface area contributed by atoms with Crippen LogP contribution in [0.4, 0.5) is 22.6 Å². The molecule has 2 rings (SSSR count). The third-order valence-electron chi connectivity index (χ3n) is 2.49. The van der Waals surface area contributed by atoms with Crippen molar-refractivity contribution in [3.8, 4) is 10.6 Å². The normalized spacial score (nSPS) is 11.7. The minimum atomic E-state index is -4.29. The molecule has 20 heavy (non-hydrogen) atoms. The molecule has 0 aliphatic carbocycles. The van der Waals surface area contributed by atoms with E-state index in [1.54, 1.807) is 6.92 Å². The smallest absolute Gasteiger partial charge is 0.356 e. The van der Waals surface area contributed by atoms with Gasteiger partial charge in [0, 0.05) is 18.8 Å². The van der Waals surface area contributed by atoms with Gasteiger partial charge in [-0.25, -0.2) is 9.37 Å². The monoisotopic (exact) mass is 305 g/mol. The van der Waals surface area contributed by atoms with Crippen LogP contribution in [-0.4, -0.2) is 29.7 Å². The molecule has 8 heteroatoms. The van der Waals surface area contributed by atoms with Crippen molar-refractivity contribution in [2.45, 2.75) is 13.1 Å². The van der Waals surface area contributed by atoms with Crippen molar-refractivity contribution in [2.75, 3.05) is 18.5 Å². The van der Waals surface area contributed by atoms with Gasteiger partial charge < -0.3 is 4.90 Å². The van der Waals surface area contributed by atoms with E-state index in [-0.39, 0.29) is 0 Å². The number of rotatable bonds is 3. The van der Waals surface area contributed by atoms with E-state index >= 15 is 0 Å². The molecule has 0 bridgehead atoms. The van der Waals surface area contributed by atoms with Gasteiger partial charge in [0.15, 0.2) is 0 Å². The van der Waals surface area contributed by atoms with Gasteiger partial charge in [-0.15, -0.1) is 0 Å². The molecule has 0 N–H and O–H groups in total. The number of nitrogens with zero attached hydrogens (tertiary/aromatic N) is 3. The summed E-state index contributed by atoms with van der Waals surface area (Å²) in [4.78, 5) is 8.96. The zero-order chi connectivity index (χ0) is 14.9. The van der Waals surface area contributed by atoms with Crippen LogP contribution < -0.4 is 4.90 Å². The average Bonchev–Trinajstić information content (AvgIpc) is 2.69. The molecule has 2 aromatic heterocycles. The first kappa shape index (κ1) is 14.7. The molecule has 0 spiro atoms. The van der Waals surface area contributed by atoms with E-state index in [1.165, 1.54) is 19.3 Å². The van der Waals surface area contributed by atoms with E-state index in [9.17, 15) is 17.6 Å². The van der Waals surface area contributed by atoms with Crippen LogP contribution in [0.2, 0.25) is 0 Å². The molecule has 108 valence electrons. The second-order valence-electron chi connectivity index (χ2n) is 4.27. The van der Waals surface area contributed by atoms with Gasteiger partial charge in [0.05, 0.1) is 11.9 Å². The number of halogens is 4. The van der Waals surface area contributed by atoms with Crippen LogP contribution in [0.15, 0.2) is 18.5 Å². The summed E-state index contributed by atoms with van der Waals surface area (Å²) in [5.74, 6) is -0.513. The molecule has 0 saturated heterocycles. The van der Waals surface area contributed by atoms with Crippen LogP contribution in [0, 0.1) is 12.7 Å². The molecule has 3 nitrogen and oxygen atoms in total. The van der Waals surface area contributed by atoms with E-state index < -0.39 is 18.5 Å². The summed E-state index contributed by atoms with van der Waals surface area (Å²) >= 11 is 1.08. The fourth-order valence-corrected chi connectivity index (χ4v) is 2.74. The molecule has 0 amide bonds. The SMILES string of the molecule is Cc1nc(-c2cncc(F)c2)sc1N(C)CC(F)(F)F. The van der Waals surface area contributed by atoms with Gasteiger partial charge in [-0.2, -0.15) is 13.2 Å². The Bertz CT molecular complexity index is 609. The van der Waals surface area contributed by atoms with Gasteiger partial charge in [-0.3, -0.25) is 4.98 Å². The highest BCUT2D eigenvalue weighted by Gasteiger charge is 2.30. The maximum Gasteiger partial charge on any atom is 0.405 e. The highest BCUT2D eigenvalue weighted by atomic mass is 32.1. The van der Waals surface area contributed by atoms with Crippen LogP contribution in [-0.2, 0) is 0 Å². The molecule has 0 aliphatic rings. The van der Waals surface area contributed by atoms with Gasteiger partial charge in [-0.1, -0.05) is 11.3 Å². The van der Waals surface area contributed by atoms with Crippen molar-refractivity contribution in [2.24, 2.45) is 0 Å². The zero-order valence-electron chi connectivity index (χ0n) is 10.7. The summed E-state index contributed by atoms with van der Waals surface area (Å²) in [5.41, 5.74) is 0.922. The van der Waals surface area contributed by atoms with Crippen LogP contribution in [0.25, 0.3) is 10.6 Å². The summed E-state index contributed by atoms with van der Waals surface area (Å²) in [6, 6.07) is 1.25. The van der Waals surface area contributed by atoms with Crippen molar-refractivity contribution in [1.82, 2.24) is 9.97 Å². The molecular weight excluding hydrogens is 294 g/mol. The number of thiazole rings is 1. The van der Waals surface area contributed by atoms with Crippen molar-refractivity contribution in [3.63, 3.8) is 0 Å². The number of anilines is 1. The van der Waals surface area contributed by atoms with Crippen molar-refractivity contribution in [1.29, 1.82) is 0 Å². The second-order valence-corrected chi connectivity index (χ2v) is 5.25. The predicted octanol–water partition coefficient (Wildman–Crippen LogP) is 3.65. The van der Waals surface area contributed by atoms with Gasteiger partial charge in [0.1, 0.15) is 22.4 Å². The van der Waals surface area contributed by atoms with E-state index in [2.05, 4.69) is 9.97 Å². The van der Waals surface area contributed by atoms with Gasteiger partial charge >= 0.3 is 6.18 Å². The average molecular weight is 305 g/mol. The summed E-state index contributed by atoms with van der Waals surface area (Å²) in [6.45, 7) is 0.561. The van der Waals surface area contributed by atoms with Crippen LogP contribution >= 0.6 is 11.3 Å². The Hall–Kier alpha value is -1.70. The molecule has 0 radical (unpaired) electrons. The molecule has 2 aromatic rings. The fraction of sp³-hybridized carbons (Fsp3) is 0.333. The molecule has 0 aliphatic heterocycles. The lowest BCUT2D eigenvalue weighted by molar-refractivity contribution is -0.119. The first-order valence-electron chi connectivity index (χ1n) is 5.62. The Morgan fingerprint density at radius 2 is 2.00 bits per heavy atom. The van der Waals surface area contributed by atoms with Gasteiger partial charge in [0.25, 0.3) is 0 Å². The van der Waals surface area contributed by atoms with E-state index in [1.807, 2.05) is 0 Å². The number of aromatic nitrogens is 2. The number of aryl methyl sites for hydroxylation is 1. The second kappa shape index (κ2) is 5.35. The number of alkyl halides is 3.